The van der Waals surface area contributed by atoms with Crippen molar-refractivity contribution in [1.82, 2.24) is 9.55 Å². The molecule has 0 saturated carbocycles. The van der Waals surface area contributed by atoms with Gasteiger partial charge in [-0.25, -0.2) is 4.98 Å². The summed E-state index contributed by atoms with van der Waals surface area (Å²) in [6, 6.07) is 6.28. The van der Waals surface area contributed by atoms with Crippen LogP contribution >= 0.6 is 38.5 Å². The van der Waals surface area contributed by atoms with Crippen molar-refractivity contribution in [3.8, 4) is 0 Å². The number of nitrogens with one attached hydrogen (secondary N) is 1. The normalized spacial score (nSPS) is 10.5. The standard InChI is InChI=1S/C12H13BrIN3/c1-17-7-6-16-12(17)4-5-15-11-3-2-9(14)8-10(11)13/h2-3,6-8,15H,4-5H2,1H3. The Labute approximate surface area is 123 Å². The first-order chi connectivity index (χ1) is 8.16. The van der Waals surface area contributed by atoms with Gasteiger partial charge in [-0.1, -0.05) is 0 Å². The topological polar surface area (TPSA) is 29.9 Å². The van der Waals surface area contributed by atoms with Crippen LogP contribution in [0, 0.1) is 3.57 Å². The first kappa shape index (κ1) is 12.9. The number of hydrogen-bond donors (Lipinski definition) is 1. The fraction of sp³-hybridized carbons (Fsp3) is 0.250. The average Bonchev–Trinajstić information content (AvgIpc) is 2.68. The molecule has 2 aromatic rings. The van der Waals surface area contributed by atoms with Gasteiger partial charge in [0.2, 0.25) is 0 Å². The van der Waals surface area contributed by atoms with Crippen molar-refractivity contribution in [2.24, 2.45) is 7.05 Å². The van der Waals surface area contributed by atoms with Gasteiger partial charge in [-0.2, -0.15) is 0 Å². The predicted octanol–water partition coefficient (Wildman–Crippen LogP) is 3.44. The number of halogens is 2. The Balaban J connectivity index is 1.92. The van der Waals surface area contributed by atoms with Gasteiger partial charge < -0.3 is 9.88 Å². The Kier molecular flexibility index (Phi) is 4.44. The van der Waals surface area contributed by atoms with Gasteiger partial charge in [0, 0.05) is 46.1 Å². The van der Waals surface area contributed by atoms with Crippen LogP contribution in [0.5, 0.6) is 0 Å². The molecule has 0 unspecified atom stereocenters. The summed E-state index contributed by atoms with van der Waals surface area (Å²) in [5, 5.41) is 3.40. The largest absolute Gasteiger partial charge is 0.384 e. The molecule has 1 N–H and O–H groups in total. The summed E-state index contributed by atoms with van der Waals surface area (Å²) in [5.74, 6) is 1.10. The Morgan fingerprint density at radius 1 is 1.47 bits per heavy atom. The molecule has 0 aliphatic heterocycles. The van der Waals surface area contributed by atoms with Crippen LogP contribution in [-0.2, 0) is 13.5 Å². The molecule has 5 heteroatoms. The van der Waals surface area contributed by atoms with Crippen LogP contribution in [-0.4, -0.2) is 16.1 Å². The summed E-state index contributed by atoms with van der Waals surface area (Å²) in [6.45, 7) is 0.879. The van der Waals surface area contributed by atoms with Crippen LogP contribution in [0.2, 0.25) is 0 Å². The maximum Gasteiger partial charge on any atom is 0.110 e. The molecule has 0 fully saturated rings. The summed E-state index contributed by atoms with van der Waals surface area (Å²) in [6.07, 6.45) is 4.72. The second kappa shape index (κ2) is 5.86. The molecule has 1 aromatic carbocycles. The molecule has 2 rings (SSSR count). The fourth-order valence-electron chi connectivity index (χ4n) is 1.58. The molecule has 0 atom stereocenters. The minimum absolute atomic E-state index is 0.879. The maximum atomic E-state index is 4.29. The van der Waals surface area contributed by atoms with E-state index < -0.39 is 0 Å². The Morgan fingerprint density at radius 3 is 2.94 bits per heavy atom. The first-order valence-corrected chi connectivity index (χ1v) is 7.19. The van der Waals surface area contributed by atoms with E-state index in [1.54, 1.807) is 0 Å². The van der Waals surface area contributed by atoms with E-state index in [9.17, 15) is 0 Å². The number of imidazole rings is 1. The lowest BCUT2D eigenvalue weighted by atomic mass is 10.3. The Hall–Kier alpha value is -0.560. The maximum absolute atomic E-state index is 4.29. The SMILES string of the molecule is Cn1ccnc1CCNc1ccc(I)cc1Br. The number of nitrogens with zero attached hydrogens (tertiary/aromatic N) is 2. The molecule has 3 nitrogen and oxygen atoms in total. The fourth-order valence-corrected chi connectivity index (χ4v) is 3.02. The van der Waals surface area contributed by atoms with Gasteiger partial charge in [-0.3, -0.25) is 0 Å². The highest BCUT2D eigenvalue weighted by molar-refractivity contribution is 14.1. The lowest BCUT2D eigenvalue weighted by Gasteiger charge is -2.08. The third-order valence-corrected chi connectivity index (χ3v) is 3.84. The smallest absolute Gasteiger partial charge is 0.110 e. The Morgan fingerprint density at radius 2 is 2.29 bits per heavy atom. The van der Waals surface area contributed by atoms with Crippen LogP contribution in [0.25, 0.3) is 0 Å². The molecule has 0 aliphatic carbocycles. The molecular formula is C12H13BrIN3. The number of rotatable bonds is 4. The number of aromatic nitrogens is 2. The molecule has 1 heterocycles. The van der Waals surface area contributed by atoms with E-state index in [1.165, 1.54) is 3.57 Å². The van der Waals surface area contributed by atoms with E-state index in [4.69, 9.17) is 0 Å². The summed E-state index contributed by atoms with van der Waals surface area (Å²) in [5.41, 5.74) is 1.12. The molecule has 0 amide bonds. The zero-order chi connectivity index (χ0) is 12.3. The number of anilines is 1. The molecule has 0 bridgehead atoms. The lowest BCUT2D eigenvalue weighted by molar-refractivity contribution is 0.789. The van der Waals surface area contributed by atoms with Crippen molar-refractivity contribution in [2.75, 3.05) is 11.9 Å². The van der Waals surface area contributed by atoms with Gasteiger partial charge in [0.1, 0.15) is 5.82 Å². The highest BCUT2D eigenvalue weighted by Crippen LogP contribution is 2.24. The molecule has 0 spiro atoms. The minimum atomic E-state index is 0.879. The zero-order valence-corrected chi connectivity index (χ0v) is 13.2. The predicted molar refractivity (Wildman–Crippen MR) is 82.3 cm³/mol. The molecule has 0 radical (unpaired) electrons. The summed E-state index contributed by atoms with van der Waals surface area (Å²) >= 11 is 5.85. The third kappa shape index (κ3) is 3.45. The molecular weight excluding hydrogens is 393 g/mol. The summed E-state index contributed by atoms with van der Waals surface area (Å²) in [7, 11) is 2.02. The van der Waals surface area contributed by atoms with Crippen molar-refractivity contribution in [1.29, 1.82) is 0 Å². The lowest BCUT2D eigenvalue weighted by Crippen LogP contribution is -2.08. The summed E-state index contributed by atoms with van der Waals surface area (Å²) in [4.78, 5) is 4.29. The van der Waals surface area contributed by atoms with Crippen LogP contribution in [0.15, 0.2) is 35.1 Å². The van der Waals surface area contributed by atoms with Crippen molar-refractivity contribution in [3.63, 3.8) is 0 Å². The van der Waals surface area contributed by atoms with E-state index in [0.29, 0.717) is 0 Å². The van der Waals surface area contributed by atoms with Crippen LogP contribution in [0.1, 0.15) is 5.82 Å². The number of benzene rings is 1. The van der Waals surface area contributed by atoms with E-state index >= 15 is 0 Å². The van der Waals surface area contributed by atoms with Gasteiger partial charge in [-0.05, 0) is 56.7 Å². The van der Waals surface area contributed by atoms with Gasteiger partial charge in [0.05, 0.1) is 0 Å². The zero-order valence-electron chi connectivity index (χ0n) is 9.45. The van der Waals surface area contributed by atoms with E-state index in [0.717, 1.165) is 29.0 Å². The monoisotopic (exact) mass is 405 g/mol. The highest BCUT2D eigenvalue weighted by atomic mass is 127. The molecule has 0 aliphatic rings. The average molecular weight is 406 g/mol. The van der Waals surface area contributed by atoms with Crippen molar-refractivity contribution in [2.45, 2.75) is 6.42 Å². The van der Waals surface area contributed by atoms with Crippen LogP contribution < -0.4 is 5.32 Å². The minimum Gasteiger partial charge on any atom is -0.384 e. The molecule has 1 aromatic heterocycles. The van der Waals surface area contributed by atoms with Gasteiger partial charge in [0.25, 0.3) is 0 Å². The summed E-state index contributed by atoms with van der Waals surface area (Å²) < 4.78 is 4.37. The highest BCUT2D eigenvalue weighted by Gasteiger charge is 2.01. The van der Waals surface area contributed by atoms with Crippen molar-refractivity contribution >= 4 is 44.2 Å². The second-order valence-electron chi connectivity index (χ2n) is 3.76. The van der Waals surface area contributed by atoms with E-state index in [-0.39, 0.29) is 0 Å². The molecule has 90 valence electrons. The van der Waals surface area contributed by atoms with Gasteiger partial charge >= 0.3 is 0 Å². The quantitative estimate of drug-likeness (QED) is 0.789. The first-order valence-electron chi connectivity index (χ1n) is 5.32. The van der Waals surface area contributed by atoms with E-state index in [1.807, 2.05) is 24.0 Å². The van der Waals surface area contributed by atoms with Gasteiger partial charge in [-0.15, -0.1) is 0 Å². The van der Waals surface area contributed by atoms with Crippen molar-refractivity contribution < 1.29 is 0 Å². The van der Waals surface area contributed by atoms with Crippen LogP contribution in [0.3, 0.4) is 0 Å². The number of aryl methyl sites for hydroxylation is 1. The van der Waals surface area contributed by atoms with E-state index in [2.05, 4.69) is 67.0 Å². The van der Waals surface area contributed by atoms with Crippen LogP contribution in [0.4, 0.5) is 5.69 Å². The third-order valence-electron chi connectivity index (χ3n) is 2.52. The van der Waals surface area contributed by atoms with Gasteiger partial charge in [0.15, 0.2) is 0 Å². The number of hydrogen-bond acceptors (Lipinski definition) is 2. The molecule has 0 saturated heterocycles. The Bertz CT molecular complexity index is 510. The van der Waals surface area contributed by atoms with Crippen molar-refractivity contribution in [3.05, 3.63) is 44.5 Å². The second-order valence-corrected chi connectivity index (χ2v) is 5.86. The molecule has 17 heavy (non-hydrogen) atoms.